The van der Waals surface area contributed by atoms with Crippen LogP contribution in [-0.2, 0) is 6.54 Å². The van der Waals surface area contributed by atoms with Crippen LogP contribution in [0.2, 0.25) is 5.02 Å². The highest BCUT2D eigenvalue weighted by Gasteiger charge is 2.09. The van der Waals surface area contributed by atoms with Crippen LogP contribution in [-0.4, -0.2) is 21.9 Å². The molecule has 0 aliphatic rings. The Morgan fingerprint density at radius 1 is 1.32 bits per heavy atom. The Balaban J connectivity index is 2.00. The molecule has 0 radical (unpaired) electrons. The van der Waals surface area contributed by atoms with E-state index in [-0.39, 0.29) is 5.56 Å². The smallest absolute Gasteiger partial charge is 0.250 e. The second-order valence-electron chi connectivity index (χ2n) is 4.58. The molecule has 0 spiro atoms. The van der Waals surface area contributed by atoms with E-state index in [1.165, 1.54) is 17.0 Å². The van der Waals surface area contributed by atoms with Crippen LogP contribution < -0.4 is 10.3 Å². The maximum Gasteiger partial charge on any atom is 0.250 e. The topological polar surface area (TPSA) is 70.2 Å². The van der Waals surface area contributed by atoms with Gasteiger partial charge in [0.25, 0.3) is 5.56 Å². The summed E-state index contributed by atoms with van der Waals surface area (Å²) >= 11 is 6.02. The Hall–Kier alpha value is -2.60. The van der Waals surface area contributed by atoms with Gasteiger partial charge in [-0.05, 0) is 24.3 Å². The third kappa shape index (κ3) is 2.87. The van der Waals surface area contributed by atoms with Gasteiger partial charge < -0.3 is 13.7 Å². The van der Waals surface area contributed by atoms with Gasteiger partial charge in [0.1, 0.15) is 5.75 Å². The Kier molecular flexibility index (Phi) is 3.93. The number of hydrogen-bond acceptors (Lipinski definition) is 5. The van der Waals surface area contributed by atoms with E-state index >= 15 is 0 Å². The summed E-state index contributed by atoms with van der Waals surface area (Å²) in [6.07, 6.45) is 2.90. The van der Waals surface area contributed by atoms with E-state index in [0.29, 0.717) is 28.8 Å². The molecule has 0 bridgehead atoms. The van der Waals surface area contributed by atoms with Crippen LogP contribution in [0.4, 0.5) is 0 Å². The van der Waals surface area contributed by atoms with Gasteiger partial charge in [-0.15, -0.1) is 10.2 Å². The molecule has 3 aromatic rings. The number of halogens is 1. The molecule has 2 aromatic heterocycles. The summed E-state index contributed by atoms with van der Waals surface area (Å²) in [5.74, 6) is 1.02. The van der Waals surface area contributed by atoms with Crippen LogP contribution in [0, 0.1) is 0 Å². The van der Waals surface area contributed by atoms with Crippen molar-refractivity contribution < 1.29 is 9.15 Å². The summed E-state index contributed by atoms with van der Waals surface area (Å²) in [7, 11) is 1.57. The molecule has 22 heavy (non-hydrogen) atoms. The minimum atomic E-state index is -0.148. The number of pyridine rings is 1. The van der Waals surface area contributed by atoms with Crippen molar-refractivity contribution in [3.63, 3.8) is 0 Å². The van der Waals surface area contributed by atoms with E-state index in [9.17, 15) is 4.79 Å². The van der Waals surface area contributed by atoms with E-state index in [4.69, 9.17) is 20.8 Å². The molecule has 0 saturated carbocycles. The van der Waals surface area contributed by atoms with Gasteiger partial charge in [0.15, 0.2) is 0 Å². The minimum Gasteiger partial charge on any atom is -0.496 e. The van der Waals surface area contributed by atoms with Gasteiger partial charge in [-0.25, -0.2) is 0 Å². The lowest BCUT2D eigenvalue weighted by Crippen LogP contribution is -2.19. The molecular weight excluding hydrogens is 306 g/mol. The number of ether oxygens (including phenoxy) is 1. The zero-order chi connectivity index (χ0) is 15.5. The van der Waals surface area contributed by atoms with E-state index in [0.717, 1.165) is 5.56 Å². The zero-order valence-electron chi connectivity index (χ0n) is 11.7. The number of benzene rings is 1. The maximum absolute atomic E-state index is 12.1. The predicted molar refractivity (Wildman–Crippen MR) is 81.1 cm³/mol. The summed E-state index contributed by atoms with van der Waals surface area (Å²) in [5, 5.41) is 8.05. The lowest BCUT2D eigenvalue weighted by atomic mass is 10.2. The van der Waals surface area contributed by atoms with Crippen molar-refractivity contribution >= 4 is 11.6 Å². The first-order chi connectivity index (χ1) is 10.7. The van der Waals surface area contributed by atoms with E-state index in [1.54, 1.807) is 37.6 Å². The molecule has 2 heterocycles. The Bertz CT molecular complexity index is 843. The third-order valence-corrected chi connectivity index (χ3v) is 3.41. The summed E-state index contributed by atoms with van der Waals surface area (Å²) < 4.78 is 12.0. The first kappa shape index (κ1) is 14.3. The number of rotatable bonds is 4. The van der Waals surface area contributed by atoms with Crippen molar-refractivity contribution in [1.29, 1.82) is 0 Å². The molecule has 112 valence electrons. The third-order valence-electron chi connectivity index (χ3n) is 3.17. The highest BCUT2D eigenvalue weighted by Crippen LogP contribution is 2.23. The van der Waals surface area contributed by atoms with E-state index in [2.05, 4.69) is 10.2 Å². The van der Waals surface area contributed by atoms with Crippen molar-refractivity contribution in [3.05, 3.63) is 63.9 Å². The van der Waals surface area contributed by atoms with Gasteiger partial charge in [-0.1, -0.05) is 11.6 Å². The molecule has 0 unspecified atom stereocenters. The fraction of sp³-hybridized carbons (Fsp3) is 0.133. The molecule has 0 N–H and O–H groups in total. The summed E-state index contributed by atoms with van der Waals surface area (Å²) in [5.41, 5.74) is 1.32. The highest BCUT2D eigenvalue weighted by atomic mass is 35.5. The van der Waals surface area contributed by atoms with Crippen molar-refractivity contribution in [2.45, 2.75) is 6.54 Å². The maximum atomic E-state index is 12.1. The number of hydrogen-bond donors (Lipinski definition) is 0. The summed E-state index contributed by atoms with van der Waals surface area (Å²) in [4.78, 5) is 12.1. The van der Waals surface area contributed by atoms with Gasteiger partial charge in [0, 0.05) is 22.8 Å². The Labute approximate surface area is 130 Å². The molecule has 3 rings (SSSR count). The SMILES string of the molecule is COc1ccc(Cl)cc1Cn1cc(-c2nnco2)ccc1=O. The number of nitrogens with zero attached hydrogens (tertiary/aromatic N) is 3. The fourth-order valence-electron chi connectivity index (χ4n) is 2.13. The van der Waals surface area contributed by atoms with Crippen LogP contribution in [0.25, 0.3) is 11.5 Å². The molecule has 0 aliphatic heterocycles. The Morgan fingerprint density at radius 2 is 2.18 bits per heavy atom. The van der Waals surface area contributed by atoms with Gasteiger partial charge in [-0.2, -0.15) is 0 Å². The van der Waals surface area contributed by atoms with E-state index < -0.39 is 0 Å². The average molecular weight is 318 g/mol. The van der Waals surface area contributed by atoms with Crippen LogP contribution in [0.15, 0.2) is 52.1 Å². The molecule has 0 saturated heterocycles. The monoisotopic (exact) mass is 317 g/mol. The van der Waals surface area contributed by atoms with Gasteiger partial charge in [0.05, 0.1) is 19.2 Å². The minimum absolute atomic E-state index is 0.148. The molecular formula is C15H12ClN3O3. The first-order valence-electron chi connectivity index (χ1n) is 6.47. The lowest BCUT2D eigenvalue weighted by molar-refractivity contribution is 0.408. The van der Waals surface area contributed by atoms with Gasteiger partial charge in [0.2, 0.25) is 12.3 Å². The van der Waals surface area contributed by atoms with Gasteiger partial charge >= 0.3 is 0 Å². The van der Waals surface area contributed by atoms with Crippen LogP contribution >= 0.6 is 11.6 Å². The standard InChI is InChI=1S/C15H12ClN3O3/c1-21-13-4-3-12(16)6-11(13)8-19-7-10(2-5-14(19)20)15-18-17-9-22-15/h2-7,9H,8H2,1H3. The number of methoxy groups -OCH3 is 1. The van der Waals surface area contributed by atoms with E-state index in [1.807, 2.05) is 0 Å². The van der Waals surface area contributed by atoms with Crippen molar-refractivity contribution in [2.24, 2.45) is 0 Å². The second kappa shape index (κ2) is 6.03. The predicted octanol–water partition coefficient (Wildman–Crippen LogP) is 2.61. The molecule has 7 heteroatoms. The first-order valence-corrected chi connectivity index (χ1v) is 6.84. The highest BCUT2D eigenvalue weighted by molar-refractivity contribution is 6.30. The molecule has 6 nitrogen and oxygen atoms in total. The lowest BCUT2D eigenvalue weighted by Gasteiger charge is -2.11. The molecule has 0 fully saturated rings. The molecule has 0 aliphatic carbocycles. The van der Waals surface area contributed by atoms with Crippen LogP contribution in [0.1, 0.15) is 5.56 Å². The fourth-order valence-corrected chi connectivity index (χ4v) is 2.33. The van der Waals surface area contributed by atoms with Crippen LogP contribution in [0.3, 0.4) is 0 Å². The summed E-state index contributed by atoms with van der Waals surface area (Å²) in [6, 6.07) is 8.37. The van der Waals surface area contributed by atoms with Crippen molar-refractivity contribution in [2.75, 3.05) is 7.11 Å². The number of aromatic nitrogens is 3. The van der Waals surface area contributed by atoms with Crippen molar-refractivity contribution in [1.82, 2.24) is 14.8 Å². The molecule has 1 aromatic carbocycles. The normalized spacial score (nSPS) is 10.6. The largest absolute Gasteiger partial charge is 0.496 e. The molecule has 0 amide bonds. The zero-order valence-corrected chi connectivity index (χ0v) is 12.4. The van der Waals surface area contributed by atoms with Crippen molar-refractivity contribution in [3.8, 4) is 17.2 Å². The average Bonchev–Trinajstić information content (AvgIpc) is 3.04. The van der Waals surface area contributed by atoms with Crippen LogP contribution in [0.5, 0.6) is 5.75 Å². The Morgan fingerprint density at radius 3 is 2.91 bits per heavy atom. The molecule has 0 atom stereocenters. The van der Waals surface area contributed by atoms with Gasteiger partial charge in [-0.3, -0.25) is 4.79 Å². The second-order valence-corrected chi connectivity index (χ2v) is 5.02. The summed E-state index contributed by atoms with van der Waals surface area (Å²) in [6.45, 7) is 0.324. The quantitative estimate of drug-likeness (QED) is 0.739.